The van der Waals surface area contributed by atoms with Crippen LogP contribution in [0, 0.1) is 0 Å². The van der Waals surface area contributed by atoms with Crippen molar-refractivity contribution >= 4 is 43.3 Å². The van der Waals surface area contributed by atoms with Gasteiger partial charge in [-0.25, -0.2) is 23.5 Å². The Morgan fingerprint density at radius 1 is 1.03 bits per heavy atom. The van der Waals surface area contributed by atoms with Gasteiger partial charge < -0.3 is 10.6 Å². The number of primary sulfonamides is 1. The number of rotatable bonds is 8. The van der Waals surface area contributed by atoms with Gasteiger partial charge in [-0.15, -0.1) is 11.3 Å². The Morgan fingerprint density at radius 2 is 1.78 bits per heavy atom. The fourth-order valence-corrected chi connectivity index (χ4v) is 4.68. The van der Waals surface area contributed by atoms with E-state index in [0.717, 1.165) is 26.2 Å². The topological polar surface area (TPSA) is 127 Å². The van der Waals surface area contributed by atoms with E-state index in [1.807, 2.05) is 36.4 Å². The molecule has 0 spiro atoms. The average Bonchev–Trinajstić information content (AvgIpc) is 3.23. The Kier molecular flexibility index (Phi) is 6.45. The van der Waals surface area contributed by atoms with Crippen molar-refractivity contribution < 1.29 is 13.2 Å². The normalized spacial score (nSPS) is 11.4. The summed E-state index contributed by atoms with van der Waals surface area (Å²) in [5, 5.41) is 11.9. The molecule has 2 aromatic carbocycles. The Hall–Kier alpha value is -3.34. The van der Waals surface area contributed by atoms with E-state index >= 15 is 0 Å². The molecule has 4 N–H and O–H groups in total. The van der Waals surface area contributed by atoms with Crippen LogP contribution < -0.4 is 15.8 Å². The summed E-state index contributed by atoms with van der Waals surface area (Å²) in [4.78, 5) is 22.9. The highest BCUT2D eigenvalue weighted by Gasteiger charge is 2.11. The summed E-state index contributed by atoms with van der Waals surface area (Å²) in [6, 6.07) is 18.3. The van der Waals surface area contributed by atoms with E-state index in [1.54, 1.807) is 23.5 Å². The fraction of sp³-hybridized carbons (Fsp3) is 0.136. The predicted octanol–water partition coefficient (Wildman–Crippen LogP) is 2.78. The number of hydrogen-bond donors (Lipinski definition) is 3. The molecule has 0 aliphatic rings. The number of carbonyl (C=O) groups is 1. The summed E-state index contributed by atoms with van der Waals surface area (Å²) in [5.41, 5.74) is 2.01. The van der Waals surface area contributed by atoms with Crippen LogP contribution >= 0.6 is 11.3 Å². The third kappa shape index (κ3) is 5.28. The maximum absolute atomic E-state index is 12.2. The molecular formula is C22H21N5O3S2. The molecule has 164 valence electrons. The van der Waals surface area contributed by atoms with E-state index < -0.39 is 10.0 Å². The minimum atomic E-state index is -3.70. The molecule has 4 rings (SSSR count). The van der Waals surface area contributed by atoms with E-state index in [0.29, 0.717) is 18.8 Å². The van der Waals surface area contributed by atoms with Gasteiger partial charge >= 0.3 is 0 Å². The van der Waals surface area contributed by atoms with Crippen molar-refractivity contribution in [1.82, 2.24) is 15.3 Å². The van der Waals surface area contributed by atoms with E-state index in [9.17, 15) is 13.2 Å². The first-order valence-electron chi connectivity index (χ1n) is 9.82. The lowest BCUT2D eigenvalue weighted by molar-refractivity contribution is -0.119. The van der Waals surface area contributed by atoms with E-state index in [1.165, 1.54) is 18.5 Å². The van der Waals surface area contributed by atoms with Gasteiger partial charge in [-0.3, -0.25) is 4.79 Å². The van der Waals surface area contributed by atoms with Crippen molar-refractivity contribution in [2.45, 2.75) is 11.3 Å². The third-order valence-electron chi connectivity index (χ3n) is 4.79. The summed E-state index contributed by atoms with van der Waals surface area (Å²) >= 11 is 1.58. The van der Waals surface area contributed by atoms with Crippen LogP contribution in [-0.4, -0.2) is 37.4 Å². The van der Waals surface area contributed by atoms with Crippen molar-refractivity contribution in [1.29, 1.82) is 0 Å². The van der Waals surface area contributed by atoms with E-state index in [-0.39, 0.29) is 17.3 Å². The maximum atomic E-state index is 12.2. The molecule has 0 saturated carbocycles. The Morgan fingerprint density at radius 3 is 2.50 bits per heavy atom. The largest absolute Gasteiger partial charge is 0.360 e. The first-order chi connectivity index (χ1) is 15.4. The Bertz CT molecular complexity index is 1340. The smallest absolute Gasteiger partial charge is 0.239 e. The SMILES string of the molecule is NS(=O)(=O)c1ccc(CCNC(=O)CNc2ncnc3sc(-c4ccccc4)cc23)cc1. The fourth-order valence-electron chi connectivity index (χ4n) is 3.16. The molecule has 0 aliphatic carbocycles. The van der Waals surface area contributed by atoms with Crippen LogP contribution in [0.5, 0.6) is 0 Å². The highest BCUT2D eigenvalue weighted by atomic mass is 32.2. The van der Waals surface area contributed by atoms with Gasteiger partial charge in [0.05, 0.1) is 16.8 Å². The molecule has 32 heavy (non-hydrogen) atoms. The van der Waals surface area contributed by atoms with Gasteiger partial charge in [0.25, 0.3) is 0 Å². The Balaban J connectivity index is 1.32. The van der Waals surface area contributed by atoms with E-state index in [2.05, 4.69) is 20.6 Å². The van der Waals surface area contributed by atoms with Crippen LogP contribution in [0.25, 0.3) is 20.7 Å². The molecule has 0 bridgehead atoms. The van der Waals surface area contributed by atoms with Crippen molar-refractivity contribution in [2.75, 3.05) is 18.4 Å². The number of nitrogens with two attached hydrogens (primary N) is 1. The minimum absolute atomic E-state index is 0.0644. The second-order valence-corrected chi connectivity index (χ2v) is 9.65. The summed E-state index contributed by atoms with van der Waals surface area (Å²) in [6.45, 7) is 0.498. The minimum Gasteiger partial charge on any atom is -0.360 e. The summed E-state index contributed by atoms with van der Waals surface area (Å²) < 4.78 is 22.6. The first-order valence-corrected chi connectivity index (χ1v) is 12.2. The van der Waals surface area contributed by atoms with Gasteiger partial charge in [-0.05, 0) is 35.7 Å². The highest BCUT2D eigenvalue weighted by Crippen LogP contribution is 2.34. The highest BCUT2D eigenvalue weighted by molar-refractivity contribution is 7.89. The molecule has 0 aliphatic heterocycles. The number of aromatic nitrogens is 2. The monoisotopic (exact) mass is 467 g/mol. The van der Waals surface area contributed by atoms with Crippen LogP contribution in [-0.2, 0) is 21.2 Å². The molecule has 4 aromatic rings. The number of hydrogen-bond acceptors (Lipinski definition) is 7. The number of amides is 1. The predicted molar refractivity (Wildman–Crippen MR) is 126 cm³/mol. The van der Waals surface area contributed by atoms with Crippen molar-refractivity contribution in [2.24, 2.45) is 5.14 Å². The molecular weight excluding hydrogens is 446 g/mol. The number of sulfonamides is 1. The van der Waals surface area contributed by atoms with Gasteiger partial charge in [0.2, 0.25) is 15.9 Å². The zero-order chi connectivity index (χ0) is 22.6. The zero-order valence-corrected chi connectivity index (χ0v) is 18.6. The molecule has 8 nitrogen and oxygen atoms in total. The third-order valence-corrected chi connectivity index (χ3v) is 6.81. The molecule has 10 heteroatoms. The number of carbonyl (C=O) groups excluding carboxylic acids is 1. The second-order valence-electron chi connectivity index (χ2n) is 7.06. The lowest BCUT2D eigenvalue weighted by Crippen LogP contribution is -2.31. The summed E-state index contributed by atoms with van der Waals surface area (Å²) in [7, 11) is -3.70. The molecule has 2 heterocycles. The standard InChI is InChI=1S/C22H21N5O3S2/c23-32(29,30)17-8-6-15(7-9-17)10-11-24-20(28)13-25-21-18-12-19(16-4-2-1-3-5-16)31-22(18)27-14-26-21/h1-9,12,14H,10-11,13H2,(H,24,28)(H2,23,29,30)(H,25,26,27). The van der Waals surface area contributed by atoms with Gasteiger partial charge in [-0.1, -0.05) is 42.5 Å². The van der Waals surface area contributed by atoms with Crippen LogP contribution in [0.4, 0.5) is 5.82 Å². The average molecular weight is 468 g/mol. The van der Waals surface area contributed by atoms with Crippen LogP contribution in [0.1, 0.15) is 5.56 Å². The zero-order valence-electron chi connectivity index (χ0n) is 17.0. The molecule has 0 radical (unpaired) electrons. The lowest BCUT2D eigenvalue weighted by Gasteiger charge is -2.08. The van der Waals surface area contributed by atoms with Gasteiger partial charge in [0.15, 0.2) is 0 Å². The maximum Gasteiger partial charge on any atom is 0.239 e. The van der Waals surface area contributed by atoms with Crippen molar-refractivity contribution in [3.05, 3.63) is 72.6 Å². The number of benzene rings is 2. The molecule has 2 aromatic heterocycles. The second kappa shape index (κ2) is 9.43. The number of nitrogens with zero attached hydrogens (tertiary/aromatic N) is 2. The summed E-state index contributed by atoms with van der Waals surface area (Å²) in [5.74, 6) is 0.443. The van der Waals surface area contributed by atoms with Gasteiger partial charge in [0.1, 0.15) is 17.0 Å². The van der Waals surface area contributed by atoms with E-state index in [4.69, 9.17) is 5.14 Å². The quantitative estimate of drug-likeness (QED) is 0.366. The van der Waals surface area contributed by atoms with Crippen LogP contribution in [0.2, 0.25) is 0 Å². The van der Waals surface area contributed by atoms with Crippen molar-refractivity contribution in [3.8, 4) is 10.4 Å². The van der Waals surface area contributed by atoms with Gasteiger partial charge in [-0.2, -0.15) is 0 Å². The van der Waals surface area contributed by atoms with Crippen LogP contribution in [0.3, 0.4) is 0 Å². The molecule has 0 fully saturated rings. The molecule has 0 atom stereocenters. The molecule has 0 unspecified atom stereocenters. The number of nitrogens with one attached hydrogen (secondary N) is 2. The number of anilines is 1. The van der Waals surface area contributed by atoms with Gasteiger partial charge in [0, 0.05) is 11.4 Å². The summed E-state index contributed by atoms with van der Waals surface area (Å²) in [6.07, 6.45) is 2.05. The van der Waals surface area contributed by atoms with Crippen molar-refractivity contribution in [3.63, 3.8) is 0 Å². The number of thiophene rings is 1. The number of fused-ring (bicyclic) bond motifs is 1. The molecule has 0 saturated heterocycles. The van der Waals surface area contributed by atoms with Crippen LogP contribution in [0.15, 0.2) is 71.9 Å². The Labute approximate surface area is 189 Å². The lowest BCUT2D eigenvalue weighted by atomic mass is 10.1. The first kappa shape index (κ1) is 21.9. The molecule has 1 amide bonds.